The van der Waals surface area contributed by atoms with Gasteiger partial charge in [0.1, 0.15) is 0 Å². The Labute approximate surface area is 187 Å². The fraction of sp³-hybridized carbons (Fsp3) is 1.00. The molecule has 0 spiro atoms. The van der Waals surface area contributed by atoms with Gasteiger partial charge in [0.05, 0.1) is 0 Å². The smallest absolute Gasteiger partial charge is 0.0391 e. The number of rotatable bonds is 5. The van der Waals surface area contributed by atoms with Crippen molar-refractivity contribution in [1.29, 1.82) is 0 Å². The number of hydrogen-bond acceptors (Lipinski definition) is 0. The highest BCUT2D eigenvalue weighted by molar-refractivity contribution is 4.69. The Balaban J connectivity index is 0.000000399. The first-order valence-corrected chi connectivity index (χ1v) is 13.4. The van der Waals surface area contributed by atoms with Crippen LogP contribution in [0.4, 0.5) is 0 Å². The minimum atomic E-state index is 0. The molecule has 0 saturated heterocycles. The van der Waals surface area contributed by atoms with Crippen molar-refractivity contribution in [3.63, 3.8) is 0 Å². The van der Waals surface area contributed by atoms with E-state index in [4.69, 9.17) is 0 Å². The third-order valence-electron chi connectivity index (χ3n) is 7.40. The summed E-state index contributed by atoms with van der Waals surface area (Å²) in [5, 5.41) is 0. The Morgan fingerprint density at radius 3 is 1.07 bits per heavy atom. The van der Waals surface area contributed by atoms with E-state index in [9.17, 15) is 0 Å². The summed E-state index contributed by atoms with van der Waals surface area (Å²) in [6.07, 6.45) is 23.9. The zero-order valence-corrected chi connectivity index (χ0v) is 20.8. The van der Waals surface area contributed by atoms with Gasteiger partial charge in [0, 0.05) is 0 Å². The van der Waals surface area contributed by atoms with E-state index >= 15 is 0 Å². The molecule has 29 heavy (non-hydrogen) atoms. The molecule has 3 rings (SSSR count). The standard InChI is InChI=1S/C10H20.2C9H18.CH4/c1-9(2)8-10-6-4-3-5-7-10;1-8(2)7-9-5-3-4-6-9;1-8(2)9-6-4-3-5-7-9;/h9-10H,3-8H2,1-2H3;2*8-9H,3-7H2,1-2H3;1H4. The molecular weight excluding hydrogens is 348 g/mol. The van der Waals surface area contributed by atoms with E-state index in [-0.39, 0.29) is 7.43 Å². The normalized spacial score (nSPS) is 21.4. The third kappa shape index (κ3) is 15.5. The number of hydrogen-bond donors (Lipinski definition) is 0. The van der Waals surface area contributed by atoms with Gasteiger partial charge in [0.2, 0.25) is 0 Å². The molecule has 3 aliphatic rings. The molecule has 0 atom stereocenters. The van der Waals surface area contributed by atoms with Crippen molar-refractivity contribution >= 4 is 0 Å². The molecule has 3 saturated carbocycles. The molecule has 0 heteroatoms. The highest BCUT2D eigenvalue weighted by Gasteiger charge is 2.16. The molecule has 0 radical (unpaired) electrons. The van der Waals surface area contributed by atoms with Gasteiger partial charge < -0.3 is 0 Å². The van der Waals surface area contributed by atoms with Crippen LogP contribution >= 0.6 is 0 Å². The van der Waals surface area contributed by atoms with Gasteiger partial charge in [0.25, 0.3) is 0 Å². The molecule has 0 bridgehead atoms. The minimum Gasteiger partial charge on any atom is -0.0776 e. The molecule has 0 N–H and O–H groups in total. The summed E-state index contributed by atoms with van der Waals surface area (Å²) in [6.45, 7) is 14.1. The maximum absolute atomic E-state index is 2.36. The maximum Gasteiger partial charge on any atom is -0.0391 e. The lowest BCUT2D eigenvalue weighted by Gasteiger charge is -2.24. The van der Waals surface area contributed by atoms with Gasteiger partial charge in [-0.3, -0.25) is 0 Å². The molecule has 176 valence electrons. The summed E-state index contributed by atoms with van der Waals surface area (Å²) in [5.74, 6) is 6.00. The van der Waals surface area contributed by atoms with E-state index < -0.39 is 0 Å². The van der Waals surface area contributed by atoms with Crippen LogP contribution in [-0.4, -0.2) is 0 Å². The Kier molecular flexibility index (Phi) is 17.7. The van der Waals surface area contributed by atoms with Crippen molar-refractivity contribution in [2.45, 2.75) is 152 Å². The molecule has 0 aliphatic heterocycles. The Hall–Kier alpha value is 0. The molecule has 0 unspecified atom stereocenters. The fourth-order valence-corrected chi connectivity index (χ4v) is 5.80. The van der Waals surface area contributed by atoms with E-state index in [1.807, 2.05) is 0 Å². The quantitative estimate of drug-likeness (QED) is 0.424. The van der Waals surface area contributed by atoms with E-state index in [1.54, 1.807) is 0 Å². The average molecular weight is 409 g/mol. The first kappa shape index (κ1) is 29.0. The lowest BCUT2D eigenvalue weighted by Crippen LogP contribution is -2.12. The van der Waals surface area contributed by atoms with Crippen LogP contribution in [0.25, 0.3) is 0 Å². The van der Waals surface area contributed by atoms with E-state index in [0.29, 0.717) is 0 Å². The molecule has 3 fully saturated rings. The lowest BCUT2D eigenvalue weighted by atomic mass is 9.82. The van der Waals surface area contributed by atoms with Crippen LogP contribution in [0, 0.1) is 35.5 Å². The summed E-state index contributed by atoms with van der Waals surface area (Å²) in [6, 6.07) is 0. The summed E-state index contributed by atoms with van der Waals surface area (Å²) in [4.78, 5) is 0. The van der Waals surface area contributed by atoms with Crippen LogP contribution in [-0.2, 0) is 0 Å². The molecule has 0 aromatic heterocycles. The monoisotopic (exact) mass is 408 g/mol. The lowest BCUT2D eigenvalue weighted by molar-refractivity contribution is 0.279. The topological polar surface area (TPSA) is 0 Å². The predicted octanol–water partition coefficient (Wildman–Crippen LogP) is 10.7. The van der Waals surface area contributed by atoms with Gasteiger partial charge in [-0.15, -0.1) is 0 Å². The van der Waals surface area contributed by atoms with Gasteiger partial charge in [-0.25, -0.2) is 0 Å². The van der Waals surface area contributed by atoms with Crippen molar-refractivity contribution in [2.24, 2.45) is 35.5 Å². The van der Waals surface area contributed by atoms with Crippen LogP contribution in [0.5, 0.6) is 0 Å². The molecular formula is C29H60. The first-order valence-electron chi connectivity index (χ1n) is 13.4. The highest BCUT2D eigenvalue weighted by Crippen LogP contribution is 2.30. The van der Waals surface area contributed by atoms with Crippen molar-refractivity contribution in [3.05, 3.63) is 0 Å². The van der Waals surface area contributed by atoms with Crippen LogP contribution in [0.15, 0.2) is 0 Å². The SMILES string of the molecule is C.CC(C)C1CCCCC1.CC(C)CC1CCCC1.CC(C)CC1CCCCC1. The van der Waals surface area contributed by atoms with Gasteiger partial charge >= 0.3 is 0 Å². The van der Waals surface area contributed by atoms with Gasteiger partial charge in [0.15, 0.2) is 0 Å². The Bertz CT molecular complexity index is 322. The second kappa shape index (κ2) is 17.7. The summed E-state index contributed by atoms with van der Waals surface area (Å²) in [7, 11) is 0. The van der Waals surface area contributed by atoms with E-state index in [0.717, 1.165) is 35.5 Å². The van der Waals surface area contributed by atoms with Gasteiger partial charge in [-0.05, 0) is 48.3 Å². The molecule has 3 aliphatic carbocycles. The highest BCUT2D eigenvalue weighted by atomic mass is 14.2. The van der Waals surface area contributed by atoms with E-state index in [2.05, 4.69) is 41.5 Å². The summed E-state index contributed by atoms with van der Waals surface area (Å²) < 4.78 is 0. The van der Waals surface area contributed by atoms with Crippen LogP contribution < -0.4 is 0 Å². The molecule has 0 aromatic rings. The Morgan fingerprint density at radius 1 is 0.483 bits per heavy atom. The van der Waals surface area contributed by atoms with Crippen molar-refractivity contribution in [1.82, 2.24) is 0 Å². The molecule has 0 aromatic carbocycles. The predicted molar refractivity (Wildman–Crippen MR) is 136 cm³/mol. The maximum atomic E-state index is 2.36. The van der Waals surface area contributed by atoms with Gasteiger partial charge in [-0.2, -0.15) is 0 Å². The second-order valence-electron chi connectivity index (χ2n) is 11.6. The van der Waals surface area contributed by atoms with E-state index in [1.165, 1.54) is 103 Å². The third-order valence-corrected chi connectivity index (χ3v) is 7.40. The van der Waals surface area contributed by atoms with Crippen molar-refractivity contribution < 1.29 is 0 Å². The van der Waals surface area contributed by atoms with Crippen LogP contribution in [0.1, 0.15) is 152 Å². The second-order valence-corrected chi connectivity index (χ2v) is 11.6. The van der Waals surface area contributed by atoms with Crippen LogP contribution in [0.3, 0.4) is 0 Å². The summed E-state index contributed by atoms with van der Waals surface area (Å²) >= 11 is 0. The molecule has 0 amide bonds. The minimum absolute atomic E-state index is 0. The molecule has 0 nitrogen and oxygen atoms in total. The zero-order valence-electron chi connectivity index (χ0n) is 20.8. The summed E-state index contributed by atoms with van der Waals surface area (Å²) in [5.41, 5.74) is 0. The largest absolute Gasteiger partial charge is 0.0776 e. The van der Waals surface area contributed by atoms with Crippen molar-refractivity contribution in [2.75, 3.05) is 0 Å². The first-order chi connectivity index (χ1) is 13.4. The molecule has 0 heterocycles. The van der Waals surface area contributed by atoms with Crippen LogP contribution in [0.2, 0.25) is 0 Å². The van der Waals surface area contributed by atoms with Gasteiger partial charge in [-0.1, -0.05) is 139 Å². The average Bonchev–Trinajstić information content (AvgIpc) is 3.16. The zero-order chi connectivity index (χ0) is 20.8. The van der Waals surface area contributed by atoms with Crippen molar-refractivity contribution in [3.8, 4) is 0 Å². The Morgan fingerprint density at radius 2 is 0.793 bits per heavy atom. The fourth-order valence-electron chi connectivity index (χ4n) is 5.80.